The van der Waals surface area contributed by atoms with Crippen LogP contribution in [0, 0.1) is 0 Å². The Morgan fingerprint density at radius 3 is 2.54 bits per heavy atom. The number of aliphatic hydroxyl groups is 1. The van der Waals surface area contributed by atoms with Gasteiger partial charge < -0.3 is 30.2 Å². The predicted octanol–water partition coefficient (Wildman–Crippen LogP) is 6.79. The fraction of sp³-hybridized carbons (Fsp3) is 0.189. The van der Waals surface area contributed by atoms with E-state index in [-0.39, 0.29) is 11.3 Å². The number of anilines is 1. The number of amides is 1. The molecule has 4 aromatic carbocycles. The average Bonchev–Trinajstić information content (AvgIpc) is 3.46. The summed E-state index contributed by atoms with van der Waals surface area (Å²) in [5.41, 5.74) is 6.42. The maximum Gasteiger partial charge on any atom is 0.409 e. The Kier molecular flexibility index (Phi) is 9.14. The molecule has 0 fully saturated rings. The molecule has 0 aliphatic carbocycles. The van der Waals surface area contributed by atoms with E-state index in [1.807, 2.05) is 42.5 Å². The molecule has 6 N–H and O–H groups in total. The highest BCUT2D eigenvalue weighted by molar-refractivity contribution is 5.91. The zero-order valence-electron chi connectivity index (χ0n) is 25.2. The van der Waals surface area contributed by atoms with Crippen molar-refractivity contribution in [1.82, 2.24) is 14.9 Å². The maximum atomic E-state index is 11.7. The molecule has 0 radical (unpaired) electrons. The molecule has 9 nitrogen and oxygen atoms in total. The van der Waals surface area contributed by atoms with Crippen molar-refractivity contribution >= 4 is 33.6 Å². The fourth-order valence-corrected chi connectivity index (χ4v) is 6.01. The van der Waals surface area contributed by atoms with E-state index >= 15 is 0 Å². The molecule has 9 heteroatoms. The molecule has 1 atom stereocenters. The maximum absolute atomic E-state index is 11.7. The minimum absolute atomic E-state index is 0.0326. The van der Waals surface area contributed by atoms with Gasteiger partial charge in [-0.25, -0.2) is 4.79 Å². The Bertz CT molecular complexity index is 2050. The van der Waals surface area contributed by atoms with Gasteiger partial charge in [-0.05, 0) is 83.3 Å². The molecule has 0 saturated heterocycles. The third kappa shape index (κ3) is 6.96. The second-order valence-corrected chi connectivity index (χ2v) is 11.5. The number of fused-ring (bicyclic) bond motifs is 2. The number of aryl methyl sites for hydroxylation is 2. The van der Waals surface area contributed by atoms with Crippen LogP contribution < -0.4 is 16.2 Å². The van der Waals surface area contributed by atoms with Gasteiger partial charge >= 0.3 is 6.09 Å². The van der Waals surface area contributed by atoms with Crippen molar-refractivity contribution in [1.29, 1.82) is 0 Å². The number of aromatic nitrogens is 2. The highest BCUT2D eigenvalue weighted by Crippen LogP contribution is 2.30. The third-order valence-electron chi connectivity index (χ3n) is 8.29. The highest BCUT2D eigenvalue weighted by atomic mass is 16.4. The van der Waals surface area contributed by atoms with E-state index in [9.17, 15) is 24.9 Å². The van der Waals surface area contributed by atoms with Crippen LogP contribution in [0.25, 0.3) is 32.9 Å². The summed E-state index contributed by atoms with van der Waals surface area (Å²) in [5.74, 6) is -0.0326. The number of hydrogen-bond donors (Lipinski definition) is 6. The molecule has 0 aliphatic heterocycles. The Morgan fingerprint density at radius 2 is 1.72 bits per heavy atom. The van der Waals surface area contributed by atoms with Gasteiger partial charge in [-0.2, -0.15) is 0 Å². The number of benzene rings is 4. The van der Waals surface area contributed by atoms with Crippen molar-refractivity contribution in [2.45, 2.75) is 38.5 Å². The number of nitrogens with zero attached hydrogens (tertiary/aromatic N) is 1. The zero-order chi connectivity index (χ0) is 32.0. The van der Waals surface area contributed by atoms with E-state index in [1.165, 1.54) is 12.1 Å². The number of aromatic hydroxyl groups is 1. The van der Waals surface area contributed by atoms with E-state index < -0.39 is 12.2 Å². The van der Waals surface area contributed by atoms with Crippen LogP contribution in [0.3, 0.4) is 0 Å². The van der Waals surface area contributed by atoms with Crippen LogP contribution in [0.1, 0.15) is 35.6 Å². The number of aliphatic hydroxyl groups excluding tert-OH is 1. The van der Waals surface area contributed by atoms with Crippen LogP contribution in [0.2, 0.25) is 0 Å². The van der Waals surface area contributed by atoms with Gasteiger partial charge in [-0.3, -0.25) is 10.1 Å². The summed E-state index contributed by atoms with van der Waals surface area (Å²) < 4.78 is 2.26. The first-order chi connectivity index (χ1) is 22.4. The number of phenolic OH excluding ortho intramolecular Hbond substituents is 1. The lowest BCUT2D eigenvalue weighted by molar-refractivity contribution is 0.176. The molecule has 6 aromatic rings. The van der Waals surface area contributed by atoms with E-state index in [2.05, 4.69) is 56.7 Å². The quantitative estimate of drug-likeness (QED) is 0.0837. The average molecular weight is 617 g/mol. The van der Waals surface area contributed by atoms with Crippen molar-refractivity contribution in [2.75, 3.05) is 11.9 Å². The summed E-state index contributed by atoms with van der Waals surface area (Å²) >= 11 is 0. The minimum Gasteiger partial charge on any atom is -0.506 e. The second-order valence-electron chi connectivity index (χ2n) is 11.5. The number of aromatic amines is 1. The lowest BCUT2D eigenvalue weighted by atomic mass is 9.99. The van der Waals surface area contributed by atoms with Gasteiger partial charge in [0.15, 0.2) is 0 Å². The van der Waals surface area contributed by atoms with Crippen LogP contribution in [0.4, 0.5) is 10.5 Å². The molecule has 1 amide bonds. The molecule has 0 aliphatic rings. The molecule has 6 rings (SSSR count). The Hall–Kier alpha value is -5.38. The SMILES string of the molecule is O=C(O)Nc1cc(CCCCn2ccc3cc(CNC[C@H](O)c4ccc(O)c5[nH]c(=O)ccc45)ccc32)ccc1-c1ccccc1. The van der Waals surface area contributed by atoms with Crippen molar-refractivity contribution in [3.05, 3.63) is 130 Å². The fourth-order valence-electron chi connectivity index (χ4n) is 6.01. The molecule has 234 valence electrons. The molecular weight excluding hydrogens is 580 g/mol. The Morgan fingerprint density at radius 1 is 0.891 bits per heavy atom. The largest absolute Gasteiger partial charge is 0.506 e. The lowest BCUT2D eigenvalue weighted by Crippen LogP contribution is -2.21. The Labute approximate surface area is 265 Å². The molecule has 2 aromatic heterocycles. The standard InChI is InChI=1S/C37H36N4O5/c42-33-15-12-29(30-13-16-35(44)40-36(30)33)34(43)23-38-22-25-10-14-32-27(20-25)17-19-41(32)18-5-4-6-24-9-11-28(26-7-2-1-3-8-26)31(21-24)39-37(45)46/h1-3,7-17,19-21,34,38-39,42-43H,4-6,18,22-23H2,(H,40,44)(H,45,46)/t34-/m0/s1. The zero-order valence-corrected chi connectivity index (χ0v) is 25.2. The number of unbranched alkanes of at least 4 members (excludes halogenated alkanes) is 1. The van der Waals surface area contributed by atoms with Crippen LogP contribution in [-0.2, 0) is 19.5 Å². The summed E-state index contributed by atoms with van der Waals surface area (Å²) in [5, 5.41) is 38.0. The first kappa shape index (κ1) is 30.6. The minimum atomic E-state index is -1.08. The highest BCUT2D eigenvalue weighted by Gasteiger charge is 2.14. The number of rotatable bonds is 12. The van der Waals surface area contributed by atoms with Crippen molar-refractivity contribution in [3.63, 3.8) is 0 Å². The summed E-state index contributed by atoms with van der Waals surface area (Å²) in [6, 6.07) is 30.4. The van der Waals surface area contributed by atoms with Crippen LogP contribution >= 0.6 is 0 Å². The summed E-state index contributed by atoms with van der Waals surface area (Å²) in [6.07, 6.45) is 3.01. The normalized spacial score (nSPS) is 12.0. The van der Waals surface area contributed by atoms with E-state index in [0.717, 1.165) is 59.0 Å². The van der Waals surface area contributed by atoms with E-state index in [4.69, 9.17) is 0 Å². The number of nitrogens with one attached hydrogen (secondary N) is 3. The smallest absolute Gasteiger partial charge is 0.409 e. The topological polar surface area (TPSA) is 140 Å². The monoisotopic (exact) mass is 616 g/mol. The van der Waals surface area contributed by atoms with Crippen molar-refractivity contribution in [2.24, 2.45) is 0 Å². The number of pyridine rings is 1. The van der Waals surface area contributed by atoms with Crippen LogP contribution in [-0.4, -0.2) is 37.5 Å². The van der Waals surface area contributed by atoms with Gasteiger partial charge in [0.1, 0.15) is 5.75 Å². The summed E-state index contributed by atoms with van der Waals surface area (Å²) in [6.45, 7) is 1.76. The predicted molar refractivity (Wildman–Crippen MR) is 181 cm³/mol. The number of hydrogen-bond acceptors (Lipinski definition) is 5. The van der Waals surface area contributed by atoms with E-state index in [0.29, 0.717) is 35.2 Å². The molecule has 0 unspecified atom stereocenters. The first-order valence-corrected chi connectivity index (χ1v) is 15.4. The van der Waals surface area contributed by atoms with Gasteiger partial charge in [0.05, 0.1) is 17.3 Å². The van der Waals surface area contributed by atoms with Crippen LogP contribution in [0.5, 0.6) is 5.75 Å². The van der Waals surface area contributed by atoms with Crippen molar-refractivity contribution < 1.29 is 20.1 Å². The summed E-state index contributed by atoms with van der Waals surface area (Å²) in [4.78, 5) is 25.7. The lowest BCUT2D eigenvalue weighted by Gasteiger charge is -2.15. The Balaban J connectivity index is 1.02. The molecule has 0 saturated carbocycles. The van der Waals surface area contributed by atoms with Gasteiger partial charge in [-0.1, -0.05) is 54.6 Å². The summed E-state index contributed by atoms with van der Waals surface area (Å²) in [7, 11) is 0. The number of carboxylic acid groups (broad SMARTS) is 1. The molecular formula is C37H36N4O5. The van der Waals surface area contributed by atoms with Gasteiger partial charge in [-0.15, -0.1) is 0 Å². The molecule has 0 bridgehead atoms. The third-order valence-corrected chi connectivity index (χ3v) is 8.29. The number of H-pyrrole nitrogens is 1. The number of carbonyl (C=O) groups is 1. The number of phenols is 1. The van der Waals surface area contributed by atoms with E-state index in [1.54, 1.807) is 12.1 Å². The molecule has 46 heavy (non-hydrogen) atoms. The van der Waals surface area contributed by atoms with Crippen molar-refractivity contribution in [3.8, 4) is 16.9 Å². The van der Waals surface area contributed by atoms with Gasteiger partial charge in [0.2, 0.25) is 5.56 Å². The molecule has 2 heterocycles. The van der Waals surface area contributed by atoms with Gasteiger partial charge in [0.25, 0.3) is 0 Å². The van der Waals surface area contributed by atoms with Gasteiger partial charge in [0, 0.05) is 48.4 Å². The van der Waals surface area contributed by atoms with Crippen LogP contribution in [0.15, 0.2) is 108 Å². The second kappa shape index (κ2) is 13.7. The first-order valence-electron chi connectivity index (χ1n) is 15.4. The molecule has 0 spiro atoms.